The molecule has 4 unspecified atom stereocenters. The van der Waals surface area contributed by atoms with E-state index in [2.05, 4.69) is 18.9 Å². The average Bonchev–Trinajstić information content (AvgIpc) is 3.32. The van der Waals surface area contributed by atoms with E-state index in [4.69, 9.17) is 62.7 Å². The van der Waals surface area contributed by atoms with Gasteiger partial charge in [0, 0.05) is 44.6 Å². The van der Waals surface area contributed by atoms with E-state index in [1.807, 2.05) is 30.3 Å². The van der Waals surface area contributed by atoms with Gasteiger partial charge in [-0.25, -0.2) is 0 Å². The number of aliphatic hydroxyl groups excluding tert-OH is 1. The van der Waals surface area contributed by atoms with Crippen LogP contribution in [0.15, 0.2) is 30.3 Å². The van der Waals surface area contributed by atoms with Crippen molar-refractivity contribution in [2.75, 3.05) is 26.4 Å². The Morgan fingerprint density at radius 2 is 1.39 bits per heavy atom. The quantitative estimate of drug-likeness (QED) is 0.276. The summed E-state index contributed by atoms with van der Waals surface area (Å²) in [5, 5.41) is 8.90. The van der Waals surface area contributed by atoms with Gasteiger partial charge in [0.05, 0.1) is 33.0 Å². The van der Waals surface area contributed by atoms with Crippen LogP contribution >= 0.6 is 53.3 Å². The van der Waals surface area contributed by atoms with Crippen LogP contribution in [0.4, 0.5) is 0 Å². The summed E-state index contributed by atoms with van der Waals surface area (Å²) < 4.78 is 25.7. The monoisotopic (exact) mass is 562 g/mol. The maximum atomic E-state index is 11.2. The fourth-order valence-corrected chi connectivity index (χ4v) is 3.69. The molecule has 2 aliphatic heterocycles. The first kappa shape index (κ1) is 30.8. The van der Waals surface area contributed by atoms with Crippen LogP contribution < -0.4 is 0 Å². The summed E-state index contributed by atoms with van der Waals surface area (Å²) >= 11 is 14.4. The number of aliphatic hydroxyl groups is 1. The van der Waals surface area contributed by atoms with Crippen molar-refractivity contribution in [1.82, 2.24) is 0 Å². The van der Waals surface area contributed by atoms with Crippen LogP contribution in [0, 0.1) is 0 Å². The first-order valence-corrected chi connectivity index (χ1v) is 12.2. The molecule has 1 N–H and O–H groups in total. The summed E-state index contributed by atoms with van der Waals surface area (Å²) in [7, 11) is 4.25. The SMILES string of the molecule is ClB(Cl)Cl.O=C1CCC(CO)(COP)O1.O=C1CCC(COP)(COCc2ccccc2)O1. The van der Waals surface area contributed by atoms with Gasteiger partial charge in [-0.2, -0.15) is 34.4 Å². The predicted octanol–water partition coefficient (Wildman–Crippen LogP) is 3.63. The summed E-state index contributed by atoms with van der Waals surface area (Å²) in [6.45, 7) is 1.28. The number of carbonyl (C=O) groups is 2. The molecule has 8 nitrogen and oxygen atoms in total. The Bertz CT molecular complexity index is 719. The van der Waals surface area contributed by atoms with Crippen molar-refractivity contribution >= 4 is 70.2 Å². The molecule has 186 valence electrons. The third-order valence-corrected chi connectivity index (χ3v) is 5.02. The van der Waals surface area contributed by atoms with E-state index in [-0.39, 0.29) is 25.2 Å². The van der Waals surface area contributed by atoms with Gasteiger partial charge in [-0.15, -0.1) is 0 Å². The number of rotatable bonds is 9. The second-order valence-electron chi connectivity index (χ2n) is 7.32. The molecule has 2 aliphatic rings. The van der Waals surface area contributed by atoms with E-state index >= 15 is 0 Å². The Balaban J connectivity index is 0.000000309. The maximum absolute atomic E-state index is 11.2. The van der Waals surface area contributed by atoms with E-state index in [1.54, 1.807) is 0 Å². The Labute approximate surface area is 213 Å². The molecule has 4 atom stereocenters. The van der Waals surface area contributed by atoms with Crippen LogP contribution in [0.25, 0.3) is 0 Å². The lowest BCUT2D eigenvalue weighted by atomic mass is 10.0. The molecule has 2 heterocycles. The molecule has 14 heteroatoms. The molecule has 0 spiro atoms. The van der Waals surface area contributed by atoms with E-state index in [9.17, 15) is 9.59 Å². The lowest BCUT2D eigenvalue weighted by molar-refractivity contribution is -0.157. The first-order valence-electron chi connectivity index (χ1n) is 9.91. The van der Waals surface area contributed by atoms with Crippen molar-refractivity contribution in [3.63, 3.8) is 0 Å². The molecular formula is C19H28BCl3O8P2. The maximum Gasteiger partial charge on any atom is 0.450 e. The molecule has 33 heavy (non-hydrogen) atoms. The summed E-state index contributed by atoms with van der Waals surface area (Å²) in [6, 6.07) is 9.90. The summed E-state index contributed by atoms with van der Waals surface area (Å²) in [6.07, 6.45) is 1.99. The largest absolute Gasteiger partial charge is 0.454 e. The molecule has 0 bridgehead atoms. The summed E-state index contributed by atoms with van der Waals surface area (Å²) in [5.74, 6) is -0.443. The molecule has 1 aromatic carbocycles. The zero-order valence-electron chi connectivity index (χ0n) is 17.9. The molecule has 1 aromatic rings. The van der Waals surface area contributed by atoms with Crippen molar-refractivity contribution in [1.29, 1.82) is 0 Å². The minimum absolute atomic E-state index is 0.173. The van der Waals surface area contributed by atoms with Gasteiger partial charge < -0.3 is 28.4 Å². The number of halogens is 3. The molecule has 0 amide bonds. The zero-order valence-corrected chi connectivity index (χ0v) is 22.5. The van der Waals surface area contributed by atoms with Crippen molar-refractivity contribution < 1.29 is 38.0 Å². The molecule has 0 aromatic heterocycles. The predicted molar refractivity (Wildman–Crippen MR) is 134 cm³/mol. The molecule has 0 saturated carbocycles. The Hall–Kier alpha value is -0.205. The first-order chi connectivity index (χ1) is 15.7. The molecule has 0 aliphatic carbocycles. The van der Waals surface area contributed by atoms with Crippen LogP contribution in [0.3, 0.4) is 0 Å². The van der Waals surface area contributed by atoms with Gasteiger partial charge in [0.15, 0.2) is 11.2 Å². The number of cyclic esters (lactones) is 2. The van der Waals surface area contributed by atoms with Gasteiger partial charge in [0.25, 0.3) is 0 Å². The second kappa shape index (κ2) is 16.5. The van der Waals surface area contributed by atoms with Crippen LogP contribution in [-0.2, 0) is 39.5 Å². The van der Waals surface area contributed by atoms with Gasteiger partial charge in [-0.05, 0) is 5.56 Å². The van der Waals surface area contributed by atoms with E-state index in [0.29, 0.717) is 45.5 Å². The number of carbonyl (C=O) groups excluding carboxylic acids is 2. The number of hydrogen-bond acceptors (Lipinski definition) is 8. The standard InChI is InChI=1S/C13H17O4P.C6H11O4P.BCl3/c14-12-6-7-13(17-12,10-16-18)9-15-8-11-4-2-1-3-5-11;7-3-6(4-9-11)2-1-5(8)10-6;2-1(3)4/h1-5H,6-10,18H2;7H,1-4,11H2;. The van der Waals surface area contributed by atoms with Gasteiger partial charge in [-0.3, -0.25) is 9.59 Å². The van der Waals surface area contributed by atoms with Gasteiger partial charge in [0.1, 0.15) is 0 Å². The highest BCUT2D eigenvalue weighted by Crippen LogP contribution is 2.29. The highest BCUT2D eigenvalue weighted by Gasteiger charge is 2.41. The zero-order chi connectivity index (χ0) is 24.7. The lowest BCUT2D eigenvalue weighted by Crippen LogP contribution is -2.38. The number of esters is 2. The molecule has 2 fully saturated rings. The van der Waals surface area contributed by atoms with Crippen LogP contribution in [-0.4, -0.2) is 59.6 Å². The van der Waals surface area contributed by atoms with Crippen molar-refractivity contribution in [3.8, 4) is 0 Å². The number of ether oxygens (including phenoxy) is 3. The van der Waals surface area contributed by atoms with Gasteiger partial charge >= 0.3 is 16.9 Å². The average molecular weight is 564 g/mol. The number of benzene rings is 1. The molecule has 3 rings (SSSR count). The van der Waals surface area contributed by atoms with Crippen molar-refractivity contribution in [2.45, 2.75) is 43.5 Å². The van der Waals surface area contributed by atoms with Crippen molar-refractivity contribution in [2.24, 2.45) is 0 Å². The smallest absolute Gasteiger partial charge is 0.450 e. The van der Waals surface area contributed by atoms with E-state index in [1.165, 1.54) is 0 Å². The Morgan fingerprint density at radius 1 is 0.909 bits per heavy atom. The normalized spacial score (nSPS) is 23.6. The summed E-state index contributed by atoms with van der Waals surface area (Å²) in [5.41, 5.74) is -0.296. The van der Waals surface area contributed by atoms with Crippen LogP contribution in [0.2, 0.25) is 0 Å². The second-order valence-corrected chi connectivity index (χ2v) is 9.97. The minimum Gasteiger partial charge on any atom is -0.454 e. The molecular weight excluding hydrogens is 535 g/mol. The summed E-state index contributed by atoms with van der Waals surface area (Å²) in [4.78, 5) is 21.2. The van der Waals surface area contributed by atoms with Crippen LogP contribution in [0.5, 0.6) is 0 Å². The Kier molecular flexibility index (Phi) is 15.4. The lowest BCUT2D eigenvalue weighted by Gasteiger charge is -2.26. The third-order valence-electron chi connectivity index (χ3n) is 4.69. The number of hydrogen-bond donors (Lipinski definition) is 1. The van der Waals surface area contributed by atoms with Crippen molar-refractivity contribution in [3.05, 3.63) is 35.9 Å². The van der Waals surface area contributed by atoms with E-state index in [0.717, 1.165) is 5.56 Å². The third kappa shape index (κ3) is 12.4. The van der Waals surface area contributed by atoms with E-state index < -0.39 is 16.2 Å². The topological polar surface area (TPSA) is 101 Å². The highest BCUT2D eigenvalue weighted by molar-refractivity contribution is 7.54. The fourth-order valence-electron chi connectivity index (χ4n) is 3.08. The highest BCUT2D eigenvalue weighted by atomic mass is 35.6. The molecule has 2 saturated heterocycles. The van der Waals surface area contributed by atoms with Crippen LogP contribution in [0.1, 0.15) is 31.2 Å². The van der Waals surface area contributed by atoms with Gasteiger partial charge in [-0.1, -0.05) is 30.3 Å². The minimum atomic E-state index is -0.779. The Morgan fingerprint density at radius 3 is 1.82 bits per heavy atom. The molecule has 0 radical (unpaired) electrons. The fraction of sp³-hybridized carbons (Fsp3) is 0.579. The van der Waals surface area contributed by atoms with Gasteiger partial charge in [0.2, 0.25) is 0 Å².